The summed E-state index contributed by atoms with van der Waals surface area (Å²) in [6.45, 7) is 1.64. The maximum absolute atomic E-state index is 11.7. The van der Waals surface area contributed by atoms with Gasteiger partial charge in [-0.1, -0.05) is 0 Å². The average Bonchev–Trinajstić information content (AvgIpc) is 2.38. The highest BCUT2D eigenvalue weighted by Crippen LogP contribution is 2.25. The van der Waals surface area contributed by atoms with Gasteiger partial charge in [-0.15, -0.1) is 0 Å². The van der Waals surface area contributed by atoms with Crippen molar-refractivity contribution in [2.45, 2.75) is 32.3 Å². The number of esters is 1. The molecule has 0 N–H and O–H groups in total. The van der Waals surface area contributed by atoms with Crippen LogP contribution >= 0.6 is 0 Å². The van der Waals surface area contributed by atoms with Crippen molar-refractivity contribution in [2.75, 3.05) is 7.11 Å². The normalized spacial score (nSPS) is 15.8. The van der Waals surface area contributed by atoms with E-state index in [2.05, 4.69) is 4.74 Å². The number of ketones is 1. The van der Waals surface area contributed by atoms with Crippen LogP contribution in [0.3, 0.4) is 0 Å². The monoisotopic (exact) mass is 248 g/mol. The van der Waals surface area contributed by atoms with Gasteiger partial charge in [-0.3, -0.25) is 4.79 Å². The van der Waals surface area contributed by atoms with Crippen molar-refractivity contribution >= 4 is 11.8 Å². The van der Waals surface area contributed by atoms with Crippen LogP contribution in [0.2, 0.25) is 0 Å². The Labute approximate surface area is 106 Å². The Kier molecular flexibility index (Phi) is 3.65. The lowest BCUT2D eigenvalue weighted by Crippen LogP contribution is -2.25. The van der Waals surface area contributed by atoms with Gasteiger partial charge in [-0.2, -0.15) is 0 Å². The van der Waals surface area contributed by atoms with E-state index in [1.165, 1.54) is 7.11 Å². The zero-order valence-electron chi connectivity index (χ0n) is 10.6. The smallest absolute Gasteiger partial charge is 0.346 e. The fourth-order valence-electron chi connectivity index (χ4n) is 2.11. The largest absolute Gasteiger partial charge is 0.479 e. The van der Waals surface area contributed by atoms with Crippen molar-refractivity contribution in [2.24, 2.45) is 0 Å². The fourth-order valence-corrected chi connectivity index (χ4v) is 2.11. The van der Waals surface area contributed by atoms with Crippen molar-refractivity contribution in [1.29, 1.82) is 0 Å². The first-order chi connectivity index (χ1) is 8.61. The molecule has 0 bridgehead atoms. The predicted molar refractivity (Wildman–Crippen MR) is 65.8 cm³/mol. The van der Waals surface area contributed by atoms with Crippen LogP contribution in [0.15, 0.2) is 18.2 Å². The summed E-state index contributed by atoms with van der Waals surface area (Å²) in [6, 6.07) is 5.34. The Balaban J connectivity index is 2.16. The lowest BCUT2D eigenvalue weighted by atomic mass is 9.90. The molecule has 4 heteroatoms. The van der Waals surface area contributed by atoms with E-state index in [9.17, 15) is 9.59 Å². The standard InChI is InChI=1S/C14H16O4/c1-9(14(16)17-2)18-11-6-7-12-10(8-11)4-3-5-13(12)15/h6-9H,3-5H2,1-2H3/t9-/m0/s1. The Bertz CT molecular complexity index is 479. The third-order valence-electron chi connectivity index (χ3n) is 3.07. The van der Waals surface area contributed by atoms with Crippen LogP contribution in [0.25, 0.3) is 0 Å². The molecular formula is C14H16O4. The van der Waals surface area contributed by atoms with Gasteiger partial charge in [0.05, 0.1) is 7.11 Å². The van der Waals surface area contributed by atoms with E-state index in [4.69, 9.17) is 4.74 Å². The zero-order valence-corrected chi connectivity index (χ0v) is 10.6. The molecule has 0 aromatic heterocycles. The van der Waals surface area contributed by atoms with Gasteiger partial charge in [-0.05, 0) is 43.5 Å². The van der Waals surface area contributed by atoms with E-state index in [0.29, 0.717) is 12.2 Å². The lowest BCUT2D eigenvalue weighted by molar-refractivity contribution is -0.147. The molecule has 0 saturated heterocycles. The highest BCUT2D eigenvalue weighted by Gasteiger charge is 2.19. The lowest BCUT2D eigenvalue weighted by Gasteiger charge is -2.17. The molecule has 0 amide bonds. The van der Waals surface area contributed by atoms with Gasteiger partial charge >= 0.3 is 5.97 Å². The van der Waals surface area contributed by atoms with Crippen LogP contribution in [0, 0.1) is 0 Å². The van der Waals surface area contributed by atoms with E-state index >= 15 is 0 Å². The summed E-state index contributed by atoms with van der Waals surface area (Å²) in [7, 11) is 1.33. The van der Waals surface area contributed by atoms with Gasteiger partial charge in [0.15, 0.2) is 11.9 Å². The molecule has 0 fully saturated rings. The SMILES string of the molecule is COC(=O)[C@H](C)Oc1ccc2c(c1)CCCC2=O. The number of Topliss-reactive ketones (excluding diaryl/α,β-unsaturated/α-hetero) is 1. The maximum atomic E-state index is 11.7. The second-order valence-electron chi connectivity index (χ2n) is 4.38. The second-order valence-corrected chi connectivity index (χ2v) is 4.38. The molecule has 0 radical (unpaired) electrons. The molecule has 1 atom stereocenters. The first-order valence-electron chi connectivity index (χ1n) is 6.02. The van der Waals surface area contributed by atoms with Gasteiger partial charge in [0.25, 0.3) is 0 Å². The first kappa shape index (κ1) is 12.6. The van der Waals surface area contributed by atoms with Gasteiger partial charge in [0.1, 0.15) is 5.75 Å². The minimum absolute atomic E-state index is 0.184. The summed E-state index contributed by atoms with van der Waals surface area (Å²) < 4.78 is 10.1. The zero-order chi connectivity index (χ0) is 13.1. The molecule has 0 aliphatic heterocycles. The van der Waals surface area contributed by atoms with Crippen molar-refractivity contribution in [3.63, 3.8) is 0 Å². The van der Waals surface area contributed by atoms with Crippen LogP contribution in [-0.2, 0) is 16.0 Å². The molecule has 1 aliphatic rings. The Morgan fingerprint density at radius 1 is 1.33 bits per heavy atom. The molecule has 18 heavy (non-hydrogen) atoms. The average molecular weight is 248 g/mol. The van der Waals surface area contributed by atoms with E-state index in [1.807, 2.05) is 6.07 Å². The number of fused-ring (bicyclic) bond motifs is 1. The number of hydrogen-bond acceptors (Lipinski definition) is 4. The van der Waals surface area contributed by atoms with Crippen LogP contribution in [0.4, 0.5) is 0 Å². The van der Waals surface area contributed by atoms with E-state index < -0.39 is 12.1 Å². The minimum Gasteiger partial charge on any atom is -0.479 e. The van der Waals surface area contributed by atoms with E-state index in [0.717, 1.165) is 24.0 Å². The van der Waals surface area contributed by atoms with Gasteiger partial charge in [0, 0.05) is 12.0 Å². The van der Waals surface area contributed by atoms with Crippen LogP contribution in [0.5, 0.6) is 5.75 Å². The summed E-state index contributed by atoms with van der Waals surface area (Å²) in [5.74, 6) is 0.369. The number of aryl methyl sites for hydroxylation is 1. The molecule has 0 saturated carbocycles. The van der Waals surface area contributed by atoms with Crippen molar-refractivity contribution in [3.8, 4) is 5.75 Å². The molecular weight excluding hydrogens is 232 g/mol. The van der Waals surface area contributed by atoms with Gasteiger partial charge in [0.2, 0.25) is 0 Å². The molecule has 0 spiro atoms. The molecule has 4 nitrogen and oxygen atoms in total. The molecule has 1 aliphatic carbocycles. The Morgan fingerprint density at radius 3 is 2.83 bits per heavy atom. The molecule has 96 valence electrons. The molecule has 0 heterocycles. The van der Waals surface area contributed by atoms with E-state index in [1.54, 1.807) is 19.1 Å². The summed E-state index contributed by atoms with van der Waals surface area (Å²) in [5.41, 5.74) is 1.78. The van der Waals surface area contributed by atoms with Gasteiger partial charge < -0.3 is 9.47 Å². The van der Waals surface area contributed by atoms with Crippen LogP contribution in [-0.4, -0.2) is 25.0 Å². The molecule has 1 aromatic rings. The summed E-state index contributed by atoms with van der Waals surface area (Å²) in [4.78, 5) is 22.9. The summed E-state index contributed by atoms with van der Waals surface area (Å²) >= 11 is 0. The topological polar surface area (TPSA) is 52.6 Å². The molecule has 2 rings (SSSR count). The fraction of sp³-hybridized carbons (Fsp3) is 0.429. The van der Waals surface area contributed by atoms with Crippen molar-refractivity contribution < 1.29 is 19.1 Å². The number of hydrogen-bond donors (Lipinski definition) is 0. The first-order valence-corrected chi connectivity index (χ1v) is 6.02. The summed E-state index contributed by atoms with van der Waals surface area (Å²) in [6.07, 6.45) is 1.73. The number of carbonyl (C=O) groups excluding carboxylic acids is 2. The second kappa shape index (κ2) is 5.21. The van der Waals surface area contributed by atoms with E-state index in [-0.39, 0.29) is 5.78 Å². The highest BCUT2D eigenvalue weighted by atomic mass is 16.6. The van der Waals surface area contributed by atoms with Gasteiger partial charge in [-0.25, -0.2) is 4.79 Å². The maximum Gasteiger partial charge on any atom is 0.346 e. The van der Waals surface area contributed by atoms with Crippen LogP contribution in [0.1, 0.15) is 35.7 Å². The van der Waals surface area contributed by atoms with Crippen LogP contribution < -0.4 is 4.74 Å². The third-order valence-corrected chi connectivity index (χ3v) is 3.07. The minimum atomic E-state index is -0.646. The summed E-state index contributed by atoms with van der Waals surface area (Å²) in [5, 5.41) is 0. The Morgan fingerprint density at radius 2 is 2.11 bits per heavy atom. The number of ether oxygens (including phenoxy) is 2. The molecule has 1 aromatic carbocycles. The number of carbonyl (C=O) groups is 2. The number of methoxy groups -OCH3 is 1. The number of benzene rings is 1. The highest BCUT2D eigenvalue weighted by molar-refractivity contribution is 5.98. The number of rotatable bonds is 3. The van der Waals surface area contributed by atoms with Crippen molar-refractivity contribution in [1.82, 2.24) is 0 Å². The quantitative estimate of drug-likeness (QED) is 0.769. The third kappa shape index (κ3) is 2.53. The van der Waals surface area contributed by atoms with Crippen molar-refractivity contribution in [3.05, 3.63) is 29.3 Å². The molecule has 0 unspecified atom stereocenters. The Hall–Kier alpha value is -1.84. The predicted octanol–water partition coefficient (Wildman–Crippen LogP) is 2.15.